The lowest BCUT2D eigenvalue weighted by atomic mass is 10.0. The molecule has 0 unspecified atom stereocenters. The maximum absolute atomic E-state index is 11.6. The smallest absolute Gasteiger partial charge is 0.224 e. The van der Waals surface area contributed by atoms with Crippen molar-refractivity contribution in [1.29, 1.82) is 0 Å². The quantitative estimate of drug-likeness (QED) is 0.884. The van der Waals surface area contributed by atoms with E-state index in [9.17, 15) is 4.79 Å². The maximum Gasteiger partial charge on any atom is 0.224 e. The van der Waals surface area contributed by atoms with Gasteiger partial charge in [-0.3, -0.25) is 4.79 Å². The Hall–Kier alpha value is -2.29. The van der Waals surface area contributed by atoms with E-state index in [1.165, 1.54) is 16.7 Å². The lowest BCUT2D eigenvalue weighted by Gasteiger charge is -2.13. The molecule has 0 heterocycles. The lowest BCUT2D eigenvalue weighted by molar-refractivity contribution is -0.119. The van der Waals surface area contributed by atoms with E-state index in [0.29, 0.717) is 6.42 Å². The topological polar surface area (TPSA) is 41.1 Å². The first kappa shape index (κ1) is 15.1. The van der Waals surface area contributed by atoms with Crippen LogP contribution in [0.3, 0.4) is 0 Å². The van der Waals surface area contributed by atoms with Gasteiger partial charge in [0.1, 0.15) is 0 Å². The van der Waals surface area contributed by atoms with E-state index in [2.05, 4.69) is 42.7 Å². The first-order valence-electron chi connectivity index (χ1n) is 7.18. The first-order chi connectivity index (χ1) is 10.1. The van der Waals surface area contributed by atoms with Crippen LogP contribution in [0.4, 0.5) is 5.69 Å². The van der Waals surface area contributed by atoms with Crippen molar-refractivity contribution in [3.8, 4) is 0 Å². The van der Waals surface area contributed by atoms with E-state index in [-0.39, 0.29) is 5.91 Å². The molecule has 21 heavy (non-hydrogen) atoms. The third-order valence-corrected chi connectivity index (χ3v) is 3.62. The molecular formula is C18H22N2O. The van der Waals surface area contributed by atoms with E-state index in [1.807, 2.05) is 24.3 Å². The van der Waals surface area contributed by atoms with E-state index in [1.54, 1.807) is 7.05 Å². The number of para-hydroxylation sites is 1. The molecule has 2 aromatic rings. The predicted octanol–water partition coefficient (Wildman–Crippen LogP) is 3.20. The molecule has 0 atom stereocenters. The molecule has 0 fully saturated rings. The summed E-state index contributed by atoms with van der Waals surface area (Å²) in [6.45, 7) is 4.98. The van der Waals surface area contributed by atoms with Gasteiger partial charge in [0.25, 0.3) is 0 Å². The predicted molar refractivity (Wildman–Crippen MR) is 87.5 cm³/mol. The molecule has 0 bridgehead atoms. The molecule has 0 radical (unpaired) electrons. The Morgan fingerprint density at radius 1 is 1.05 bits per heavy atom. The zero-order chi connectivity index (χ0) is 15.2. The highest BCUT2D eigenvalue weighted by molar-refractivity contribution is 5.80. The Balaban J connectivity index is 2.13. The monoisotopic (exact) mass is 282 g/mol. The number of carbonyl (C=O) groups excluding carboxylic acids is 1. The van der Waals surface area contributed by atoms with Crippen LogP contribution in [-0.2, 0) is 17.8 Å². The van der Waals surface area contributed by atoms with Crippen LogP contribution in [0, 0.1) is 13.8 Å². The fourth-order valence-electron chi connectivity index (χ4n) is 2.29. The van der Waals surface area contributed by atoms with E-state index < -0.39 is 0 Å². The summed E-state index contributed by atoms with van der Waals surface area (Å²) in [4.78, 5) is 11.6. The molecule has 3 nitrogen and oxygen atoms in total. The van der Waals surface area contributed by atoms with Crippen molar-refractivity contribution >= 4 is 11.6 Å². The Morgan fingerprint density at radius 2 is 1.81 bits per heavy atom. The van der Waals surface area contributed by atoms with Crippen molar-refractivity contribution in [3.63, 3.8) is 0 Å². The highest BCUT2D eigenvalue weighted by Gasteiger charge is 2.06. The number of hydrogen-bond donors (Lipinski definition) is 2. The van der Waals surface area contributed by atoms with Crippen LogP contribution >= 0.6 is 0 Å². The highest BCUT2D eigenvalue weighted by Crippen LogP contribution is 2.18. The lowest BCUT2D eigenvalue weighted by Crippen LogP contribution is -2.20. The number of aryl methyl sites for hydroxylation is 2. The number of rotatable bonds is 5. The number of nitrogens with one attached hydrogen (secondary N) is 2. The average molecular weight is 282 g/mol. The van der Waals surface area contributed by atoms with Gasteiger partial charge in [-0.1, -0.05) is 42.0 Å². The van der Waals surface area contributed by atoms with E-state index in [4.69, 9.17) is 0 Å². The standard InChI is InChI=1S/C18H22N2O/c1-13-8-9-14(2)16(10-13)12-20-17-7-5-4-6-15(17)11-18(21)19-3/h4-10,20H,11-12H2,1-3H3,(H,19,21). The first-order valence-corrected chi connectivity index (χ1v) is 7.18. The molecule has 2 aromatic carbocycles. The van der Waals surface area contributed by atoms with Crippen LogP contribution < -0.4 is 10.6 Å². The Morgan fingerprint density at radius 3 is 2.57 bits per heavy atom. The van der Waals surface area contributed by atoms with Crippen LogP contribution in [0.5, 0.6) is 0 Å². The number of anilines is 1. The van der Waals surface area contributed by atoms with Crippen LogP contribution in [0.15, 0.2) is 42.5 Å². The van der Waals surface area contributed by atoms with E-state index >= 15 is 0 Å². The maximum atomic E-state index is 11.6. The molecule has 110 valence electrons. The molecule has 0 aliphatic heterocycles. The van der Waals surface area contributed by atoms with Crippen molar-refractivity contribution in [2.24, 2.45) is 0 Å². The molecule has 1 amide bonds. The molecule has 0 aliphatic rings. The summed E-state index contributed by atoms with van der Waals surface area (Å²) >= 11 is 0. The zero-order valence-corrected chi connectivity index (χ0v) is 12.9. The Kier molecular flexibility index (Phi) is 4.99. The van der Waals surface area contributed by atoms with Gasteiger partial charge in [-0.15, -0.1) is 0 Å². The van der Waals surface area contributed by atoms with Crippen molar-refractivity contribution in [2.75, 3.05) is 12.4 Å². The summed E-state index contributed by atoms with van der Waals surface area (Å²) in [5.41, 5.74) is 5.85. The molecule has 2 N–H and O–H groups in total. The van der Waals surface area contributed by atoms with Gasteiger partial charge in [-0.25, -0.2) is 0 Å². The molecule has 3 heteroatoms. The third-order valence-electron chi connectivity index (χ3n) is 3.62. The molecule has 0 spiro atoms. The Labute approximate surface area is 126 Å². The molecule has 0 saturated carbocycles. The van der Waals surface area contributed by atoms with Gasteiger partial charge in [0.15, 0.2) is 0 Å². The molecule has 2 rings (SSSR count). The van der Waals surface area contributed by atoms with Gasteiger partial charge in [-0.2, -0.15) is 0 Å². The second-order valence-corrected chi connectivity index (χ2v) is 5.29. The van der Waals surface area contributed by atoms with Crippen molar-refractivity contribution in [3.05, 3.63) is 64.7 Å². The van der Waals surface area contributed by atoms with Gasteiger partial charge < -0.3 is 10.6 Å². The summed E-state index contributed by atoms with van der Waals surface area (Å²) in [5.74, 6) is 0.0241. The number of benzene rings is 2. The second kappa shape index (κ2) is 6.93. The molecule has 0 aromatic heterocycles. The normalized spacial score (nSPS) is 10.2. The number of hydrogen-bond acceptors (Lipinski definition) is 2. The van der Waals surface area contributed by atoms with Crippen molar-refractivity contribution in [1.82, 2.24) is 5.32 Å². The number of amides is 1. The highest BCUT2D eigenvalue weighted by atomic mass is 16.1. The molecule has 0 saturated heterocycles. The minimum atomic E-state index is 0.0241. The van der Waals surface area contributed by atoms with Crippen LogP contribution in [-0.4, -0.2) is 13.0 Å². The second-order valence-electron chi connectivity index (χ2n) is 5.29. The zero-order valence-electron chi connectivity index (χ0n) is 12.9. The van der Waals surface area contributed by atoms with Crippen molar-refractivity contribution in [2.45, 2.75) is 26.8 Å². The largest absolute Gasteiger partial charge is 0.381 e. The number of likely N-dealkylation sites (N-methyl/N-ethyl adjacent to an activating group) is 1. The summed E-state index contributed by atoms with van der Waals surface area (Å²) in [5, 5.41) is 6.11. The fraction of sp³-hybridized carbons (Fsp3) is 0.278. The summed E-state index contributed by atoms with van der Waals surface area (Å²) < 4.78 is 0. The number of carbonyl (C=O) groups is 1. The van der Waals surface area contributed by atoms with E-state index in [0.717, 1.165) is 17.8 Å². The summed E-state index contributed by atoms with van der Waals surface area (Å²) in [6.07, 6.45) is 0.395. The third kappa shape index (κ3) is 4.09. The van der Waals surface area contributed by atoms with Gasteiger partial charge in [0, 0.05) is 19.3 Å². The van der Waals surface area contributed by atoms with Crippen LogP contribution in [0.2, 0.25) is 0 Å². The average Bonchev–Trinajstić information content (AvgIpc) is 2.49. The van der Waals surface area contributed by atoms with Gasteiger partial charge in [0.2, 0.25) is 5.91 Å². The van der Waals surface area contributed by atoms with Gasteiger partial charge in [0.05, 0.1) is 6.42 Å². The van der Waals surface area contributed by atoms with Crippen LogP contribution in [0.25, 0.3) is 0 Å². The SMILES string of the molecule is CNC(=O)Cc1ccccc1NCc1cc(C)ccc1C. The fourth-order valence-corrected chi connectivity index (χ4v) is 2.29. The minimum absolute atomic E-state index is 0.0241. The van der Waals surface area contributed by atoms with Crippen LogP contribution in [0.1, 0.15) is 22.3 Å². The Bertz CT molecular complexity index is 635. The molecule has 0 aliphatic carbocycles. The van der Waals surface area contributed by atoms with Crippen molar-refractivity contribution < 1.29 is 4.79 Å². The molecular weight excluding hydrogens is 260 g/mol. The summed E-state index contributed by atoms with van der Waals surface area (Å²) in [7, 11) is 1.66. The minimum Gasteiger partial charge on any atom is -0.381 e. The summed E-state index contributed by atoms with van der Waals surface area (Å²) in [6, 6.07) is 14.4. The van der Waals surface area contributed by atoms with Gasteiger partial charge in [-0.05, 0) is 36.6 Å². The van der Waals surface area contributed by atoms with Gasteiger partial charge >= 0.3 is 0 Å².